The summed E-state index contributed by atoms with van der Waals surface area (Å²) in [6.45, 7) is 3.36. The Balaban J connectivity index is 1.52. The minimum Gasteiger partial charge on any atom is -0.387 e. The van der Waals surface area contributed by atoms with Gasteiger partial charge in [0.15, 0.2) is 0 Å². The summed E-state index contributed by atoms with van der Waals surface area (Å²) < 4.78 is 32.5. The van der Waals surface area contributed by atoms with Gasteiger partial charge in [-0.2, -0.15) is 0 Å². The fourth-order valence-electron chi connectivity index (χ4n) is 2.88. The summed E-state index contributed by atoms with van der Waals surface area (Å²) in [6.07, 6.45) is -0.738. The van der Waals surface area contributed by atoms with Gasteiger partial charge in [-0.05, 0) is 35.4 Å². The number of hydrogen-bond acceptors (Lipinski definition) is 4. The molecule has 0 aliphatic carbocycles. The second kappa shape index (κ2) is 8.38. The number of aliphatic hydroxyl groups excluding tert-OH is 1. The van der Waals surface area contributed by atoms with Crippen LogP contribution in [0.25, 0.3) is 0 Å². The molecule has 0 radical (unpaired) electrons. The smallest absolute Gasteiger partial charge is 0.146 e. The highest BCUT2D eigenvalue weighted by Gasteiger charge is 2.15. The van der Waals surface area contributed by atoms with Gasteiger partial charge in [0.05, 0.1) is 25.0 Å². The van der Waals surface area contributed by atoms with E-state index in [1.165, 1.54) is 18.2 Å². The molecule has 0 amide bonds. The summed E-state index contributed by atoms with van der Waals surface area (Å²) in [6, 6.07) is 10.9. The Bertz CT molecular complexity index is 688. The number of hydrogen-bond donors (Lipinski definition) is 2. The molecule has 1 atom stereocenters. The molecule has 2 aromatic carbocycles. The molecule has 1 aliphatic rings. The molecule has 4 nitrogen and oxygen atoms in total. The zero-order chi connectivity index (χ0) is 17.6. The summed E-state index contributed by atoms with van der Waals surface area (Å²) in [7, 11) is 0. The van der Waals surface area contributed by atoms with Crippen LogP contribution in [-0.2, 0) is 11.3 Å². The first kappa shape index (κ1) is 17.8. The zero-order valence-electron chi connectivity index (χ0n) is 13.9. The molecule has 1 unspecified atom stereocenters. The van der Waals surface area contributed by atoms with Crippen molar-refractivity contribution in [3.05, 3.63) is 65.2 Å². The highest BCUT2D eigenvalue weighted by molar-refractivity contribution is 5.49. The number of halogens is 2. The first-order valence-electron chi connectivity index (χ1n) is 8.39. The second-order valence-electron chi connectivity index (χ2n) is 6.08. The molecule has 1 saturated heterocycles. The number of nitrogens with zero attached hydrogens (tertiary/aromatic N) is 1. The van der Waals surface area contributed by atoms with E-state index in [4.69, 9.17) is 4.74 Å². The fraction of sp³-hybridized carbons (Fsp3) is 0.368. The van der Waals surface area contributed by atoms with E-state index in [9.17, 15) is 13.9 Å². The average Bonchev–Trinajstić information content (AvgIpc) is 2.63. The summed E-state index contributed by atoms with van der Waals surface area (Å²) in [4.78, 5) is 1.98. The van der Waals surface area contributed by atoms with E-state index in [1.54, 1.807) is 18.2 Å². The van der Waals surface area contributed by atoms with Gasteiger partial charge in [0.1, 0.15) is 11.6 Å². The number of anilines is 1. The van der Waals surface area contributed by atoms with Crippen LogP contribution in [-0.4, -0.2) is 38.0 Å². The van der Waals surface area contributed by atoms with E-state index in [2.05, 4.69) is 5.32 Å². The number of morpholine rings is 1. The van der Waals surface area contributed by atoms with Crippen molar-refractivity contribution < 1.29 is 18.6 Å². The Morgan fingerprint density at radius 1 is 1.08 bits per heavy atom. The molecule has 2 aromatic rings. The van der Waals surface area contributed by atoms with Gasteiger partial charge < -0.3 is 20.1 Å². The third-order valence-corrected chi connectivity index (χ3v) is 4.29. The monoisotopic (exact) mass is 348 g/mol. The van der Waals surface area contributed by atoms with Gasteiger partial charge in [-0.1, -0.05) is 18.2 Å². The van der Waals surface area contributed by atoms with Crippen molar-refractivity contribution in [2.24, 2.45) is 0 Å². The lowest BCUT2D eigenvalue weighted by atomic mass is 10.1. The van der Waals surface area contributed by atoms with Crippen LogP contribution in [0.3, 0.4) is 0 Å². The predicted octanol–water partition coefficient (Wildman–Crippen LogP) is 2.62. The molecule has 3 rings (SSSR count). The largest absolute Gasteiger partial charge is 0.387 e. The molecule has 0 bridgehead atoms. The summed E-state index contributed by atoms with van der Waals surface area (Å²) >= 11 is 0. The van der Waals surface area contributed by atoms with Crippen LogP contribution in [0.5, 0.6) is 0 Å². The Morgan fingerprint density at radius 3 is 2.48 bits per heavy atom. The normalized spacial score (nSPS) is 16.0. The van der Waals surface area contributed by atoms with Crippen LogP contribution >= 0.6 is 0 Å². The molecule has 0 aromatic heterocycles. The highest BCUT2D eigenvalue weighted by atomic mass is 19.1. The Kier molecular flexibility index (Phi) is 5.96. The van der Waals surface area contributed by atoms with E-state index in [1.807, 2.05) is 11.0 Å². The molecule has 25 heavy (non-hydrogen) atoms. The maximum Gasteiger partial charge on any atom is 0.146 e. The number of benzene rings is 2. The summed E-state index contributed by atoms with van der Waals surface area (Å²) in [5, 5.41) is 13.2. The van der Waals surface area contributed by atoms with Gasteiger partial charge in [-0.25, -0.2) is 8.78 Å². The molecule has 1 heterocycles. The van der Waals surface area contributed by atoms with Gasteiger partial charge in [0.2, 0.25) is 0 Å². The van der Waals surface area contributed by atoms with Crippen molar-refractivity contribution in [1.82, 2.24) is 5.32 Å². The minimum atomic E-state index is -0.738. The SMILES string of the molecule is OC(CNCc1ccc(N2CCOCC2)c(F)c1)c1ccc(F)cc1. The minimum absolute atomic E-state index is 0.250. The molecule has 2 N–H and O–H groups in total. The van der Waals surface area contributed by atoms with Gasteiger partial charge in [-0.3, -0.25) is 0 Å². The third-order valence-electron chi connectivity index (χ3n) is 4.29. The van der Waals surface area contributed by atoms with Crippen LogP contribution in [0, 0.1) is 11.6 Å². The van der Waals surface area contributed by atoms with Crippen molar-refractivity contribution in [3.63, 3.8) is 0 Å². The maximum absolute atomic E-state index is 14.3. The van der Waals surface area contributed by atoms with Crippen LogP contribution in [0.2, 0.25) is 0 Å². The van der Waals surface area contributed by atoms with Crippen LogP contribution < -0.4 is 10.2 Å². The van der Waals surface area contributed by atoms with Gasteiger partial charge in [-0.15, -0.1) is 0 Å². The predicted molar refractivity (Wildman–Crippen MR) is 92.5 cm³/mol. The standard InChI is InChI=1S/C19H22F2N2O2/c20-16-4-2-15(3-5-16)19(24)13-22-12-14-1-6-18(17(21)11-14)23-7-9-25-10-8-23/h1-6,11,19,22,24H,7-10,12-13H2. The first-order valence-corrected chi connectivity index (χ1v) is 8.39. The van der Waals surface area contributed by atoms with E-state index in [-0.39, 0.29) is 11.6 Å². The Morgan fingerprint density at radius 2 is 1.80 bits per heavy atom. The quantitative estimate of drug-likeness (QED) is 0.842. The lowest BCUT2D eigenvalue weighted by Crippen LogP contribution is -2.36. The highest BCUT2D eigenvalue weighted by Crippen LogP contribution is 2.21. The maximum atomic E-state index is 14.3. The Hall–Kier alpha value is -2.02. The van der Waals surface area contributed by atoms with E-state index in [0.29, 0.717) is 50.6 Å². The Labute approximate surface area is 146 Å². The lowest BCUT2D eigenvalue weighted by Gasteiger charge is -2.29. The topological polar surface area (TPSA) is 44.7 Å². The van der Waals surface area contributed by atoms with Crippen molar-refractivity contribution in [2.75, 3.05) is 37.7 Å². The summed E-state index contributed by atoms with van der Waals surface area (Å²) in [5.74, 6) is -0.583. The number of aliphatic hydroxyl groups is 1. The van der Waals surface area contributed by atoms with Crippen molar-refractivity contribution in [3.8, 4) is 0 Å². The first-order chi connectivity index (χ1) is 12.1. The van der Waals surface area contributed by atoms with E-state index >= 15 is 0 Å². The van der Waals surface area contributed by atoms with E-state index < -0.39 is 6.10 Å². The number of ether oxygens (including phenoxy) is 1. The number of rotatable bonds is 6. The fourth-order valence-corrected chi connectivity index (χ4v) is 2.88. The van der Waals surface area contributed by atoms with Crippen LogP contribution in [0.4, 0.5) is 14.5 Å². The molecule has 6 heteroatoms. The van der Waals surface area contributed by atoms with E-state index in [0.717, 1.165) is 5.56 Å². The zero-order valence-corrected chi connectivity index (χ0v) is 13.9. The van der Waals surface area contributed by atoms with Crippen molar-refractivity contribution >= 4 is 5.69 Å². The van der Waals surface area contributed by atoms with Gasteiger partial charge in [0, 0.05) is 26.2 Å². The van der Waals surface area contributed by atoms with Crippen molar-refractivity contribution in [1.29, 1.82) is 0 Å². The molecule has 1 fully saturated rings. The molecule has 1 aliphatic heterocycles. The van der Waals surface area contributed by atoms with Crippen LogP contribution in [0.15, 0.2) is 42.5 Å². The van der Waals surface area contributed by atoms with Crippen LogP contribution in [0.1, 0.15) is 17.2 Å². The second-order valence-corrected chi connectivity index (χ2v) is 6.08. The lowest BCUT2D eigenvalue weighted by molar-refractivity contribution is 0.122. The molecular weight excluding hydrogens is 326 g/mol. The van der Waals surface area contributed by atoms with Gasteiger partial charge >= 0.3 is 0 Å². The van der Waals surface area contributed by atoms with Crippen molar-refractivity contribution in [2.45, 2.75) is 12.6 Å². The molecule has 0 spiro atoms. The number of nitrogens with one attached hydrogen (secondary N) is 1. The summed E-state index contributed by atoms with van der Waals surface area (Å²) in [5.41, 5.74) is 2.04. The molecule has 0 saturated carbocycles. The molecule has 134 valence electrons. The third kappa shape index (κ3) is 4.75. The van der Waals surface area contributed by atoms with Gasteiger partial charge in [0.25, 0.3) is 0 Å². The molecular formula is C19H22F2N2O2. The average molecular weight is 348 g/mol.